The van der Waals surface area contributed by atoms with E-state index in [2.05, 4.69) is 63.0 Å². The van der Waals surface area contributed by atoms with E-state index in [-0.39, 0.29) is 52.2 Å². The number of halogens is 2. The largest absolute Gasteiger partial charge is 0.465 e. The molecule has 12 heteroatoms. The lowest BCUT2D eigenvalue weighted by Crippen LogP contribution is -2.63. The van der Waals surface area contributed by atoms with E-state index in [1.54, 1.807) is 23.1 Å². The Balaban J connectivity index is 1.53. The van der Waals surface area contributed by atoms with Crippen LogP contribution >= 0.6 is 0 Å². The Labute approximate surface area is 272 Å². The van der Waals surface area contributed by atoms with E-state index < -0.39 is 30.7 Å². The van der Waals surface area contributed by atoms with Crippen molar-refractivity contribution in [1.29, 1.82) is 0 Å². The quantitative estimate of drug-likeness (QED) is 0.0964. The highest BCUT2D eigenvalue weighted by atomic mass is 28.3. The van der Waals surface area contributed by atoms with Crippen LogP contribution in [0.25, 0.3) is 32.9 Å². The molecule has 244 valence electrons. The first-order chi connectivity index (χ1) is 22.3. The minimum absolute atomic E-state index is 0.0662. The molecule has 2 aromatic heterocycles. The van der Waals surface area contributed by atoms with Gasteiger partial charge in [-0.05, 0) is 34.5 Å². The first-order valence-electron chi connectivity index (χ1n) is 15.9. The summed E-state index contributed by atoms with van der Waals surface area (Å²) in [4.78, 5) is 34.9. The van der Waals surface area contributed by atoms with Crippen LogP contribution in [0.15, 0.2) is 42.7 Å². The molecule has 0 spiro atoms. The number of aromatic nitrogens is 2. The van der Waals surface area contributed by atoms with Gasteiger partial charge in [0.25, 0.3) is 0 Å². The number of carboxylic acid groups (broad SMARTS) is 1. The van der Waals surface area contributed by atoms with Gasteiger partial charge in [0.1, 0.15) is 37.0 Å². The van der Waals surface area contributed by atoms with Gasteiger partial charge in [-0.15, -0.1) is 5.54 Å². The van der Waals surface area contributed by atoms with Crippen molar-refractivity contribution < 1.29 is 23.6 Å². The summed E-state index contributed by atoms with van der Waals surface area (Å²) in [7, 11) is -2.24. The summed E-state index contributed by atoms with van der Waals surface area (Å²) in [6.07, 6.45) is 1.86. The molecule has 2 saturated heterocycles. The SMILES string of the molecule is CC(C)[Si](C#Cc1c(F)ccc2cccc(-c3ncc4c(N5C[C@@H]6[C@H]5CCN6C(=O)O)c([N+](=O)[O-])cnc4c3F)c12)(C(C)C)C(C)C. The summed E-state index contributed by atoms with van der Waals surface area (Å²) in [6, 6.07) is 7.68. The molecule has 47 heavy (non-hydrogen) atoms. The lowest BCUT2D eigenvalue weighted by Gasteiger charge is -2.47. The van der Waals surface area contributed by atoms with Crippen LogP contribution in [0.2, 0.25) is 16.6 Å². The van der Waals surface area contributed by atoms with Gasteiger partial charge in [-0.2, -0.15) is 0 Å². The van der Waals surface area contributed by atoms with Crippen LogP contribution in [0.3, 0.4) is 0 Å². The third-order valence-corrected chi connectivity index (χ3v) is 16.6. The van der Waals surface area contributed by atoms with Gasteiger partial charge in [0, 0.05) is 30.2 Å². The molecule has 0 saturated carbocycles. The van der Waals surface area contributed by atoms with Crippen LogP contribution in [-0.2, 0) is 0 Å². The maximum atomic E-state index is 16.6. The zero-order chi connectivity index (χ0) is 33.9. The van der Waals surface area contributed by atoms with E-state index >= 15 is 8.78 Å². The van der Waals surface area contributed by atoms with Gasteiger partial charge in [0.05, 0.1) is 28.0 Å². The maximum Gasteiger partial charge on any atom is 0.407 e. The molecule has 4 heterocycles. The zero-order valence-corrected chi connectivity index (χ0v) is 28.2. The number of fused-ring (bicyclic) bond motifs is 3. The topological polar surface area (TPSA) is 113 Å². The van der Waals surface area contributed by atoms with Gasteiger partial charge < -0.3 is 14.9 Å². The van der Waals surface area contributed by atoms with Crippen molar-refractivity contribution in [1.82, 2.24) is 14.9 Å². The molecule has 9 nitrogen and oxygen atoms in total. The first-order valence-corrected chi connectivity index (χ1v) is 18.1. The Morgan fingerprint density at radius 2 is 1.74 bits per heavy atom. The van der Waals surface area contributed by atoms with Crippen molar-refractivity contribution in [3.63, 3.8) is 0 Å². The lowest BCUT2D eigenvalue weighted by atomic mass is 9.94. The Morgan fingerprint density at radius 3 is 2.38 bits per heavy atom. The Morgan fingerprint density at radius 1 is 1.04 bits per heavy atom. The smallest absolute Gasteiger partial charge is 0.407 e. The number of nitrogens with zero attached hydrogens (tertiary/aromatic N) is 5. The van der Waals surface area contributed by atoms with E-state index in [1.165, 1.54) is 17.2 Å². The fraction of sp³-hybridized carbons (Fsp3) is 0.400. The maximum absolute atomic E-state index is 16.6. The number of nitro groups is 1. The predicted octanol–water partition coefficient (Wildman–Crippen LogP) is 8.15. The molecule has 2 aliphatic heterocycles. The highest BCUT2D eigenvalue weighted by Crippen LogP contribution is 2.45. The third-order valence-electron chi connectivity index (χ3n) is 10.4. The van der Waals surface area contributed by atoms with Gasteiger partial charge in [0.15, 0.2) is 5.82 Å². The van der Waals surface area contributed by atoms with E-state index in [9.17, 15) is 20.0 Å². The molecular weight excluding hydrogens is 620 g/mol. The molecule has 0 radical (unpaired) electrons. The molecule has 4 aromatic rings. The average Bonchev–Trinajstić information content (AvgIpc) is 3.34. The van der Waals surface area contributed by atoms with Gasteiger partial charge in [-0.25, -0.2) is 18.6 Å². The van der Waals surface area contributed by atoms with E-state index in [1.807, 2.05) is 6.07 Å². The number of hydrogen-bond donors (Lipinski definition) is 1. The molecule has 0 bridgehead atoms. The van der Waals surface area contributed by atoms with E-state index in [4.69, 9.17) is 0 Å². The van der Waals surface area contributed by atoms with Crippen molar-refractivity contribution in [3.8, 4) is 22.7 Å². The van der Waals surface area contributed by atoms with Gasteiger partial charge in [0.2, 0.25) is 0 Å². The molecule has 1 amide bonds. The van der Waals surface area contributed by atoms with E-state index in [0.717, 1.165) is 6.20 Å². The van der Waals surface area contributed by atoms with E-state index in [0.29, 0.717) is 45.9 Å². The van der Waals surface area contributed by atoms with Crippen molar-refractivity contribution in [2.24, 2.45) is 0 Å². The second-order valence-electron chi connectivity index (χ2n) is 13.5. The van der Waals surface area contributed by atoms with Gasteiger partial charge in [-0.1, -0.05) is 71.7 Å². The fourth-order valence-electron chi connectivity index (χ4n) is 8.12. The van der Waals surface area contributed by atoms with Crippen LogP contribution < -0.4 is 4.90 Å². The summed E-state index contributed by atoms with van der Waals surface area (Å²) >= 11 is 0. The minimum Gasteiger partial charge on any atom is -0.465 e. The van der Waals surface area contributed by atoms with Gasteiger partial charge in [-0.3, -0.25) is 15.1 Å². The number of anilines is 1. The van der Waals surface area contributed by atoms with Crippen molar-refractivity contribution in [2.45, 2.75) is 76.7 Å². The summed E-state index contributed by atoms with van der Waals surface area (Å²) in [5.41, 5.74) is 4.79. The van der Waals surface area contributed by atoms with Crippen LogP contribution in [-0.4, -0.2) is 64.2 Å². The Kier molecular flexibility index (Phi) is 8.16. The molecule has 0 unspecified atom stereocenters. The summed E-state index contributed by atoms with van der Waals surface area (Å²) in [5.74, 6) is 1.95. The summed E-state index contributed by atoms with van der Waals surface area (Å²) in [5, 5.41) is 22.9. The van der Waals surface area contributed by atoms with Gasteiger partial charge >= 0.3 is 11.8 Å². The molecule has 0 aliphatic carbocycles. The number of likely N-dealkylation sites (tertiary alicyclic amines) is 1. The van der Waals surface area contributed by atoms with Crippen molar-refractivity contribution in [3.05, 3.63) is 70.0 Å². The standard InChI is InChI=1S/C35H37F2N5O4Si/c1-19(2)47(20(3)4,21(5)6)15-13-23-26(36)11-10-22-8-7-9-24(30(22)23)32-31(37)33-25(16-38-32)34(28(17-39-33)42(45)46)41-18-29-27(41)12-14-40(29)35(43)44/h7-11,16-17,19-21,27,29H,12,14,18H2,1-6H3,(H,43,44)/t27-,29-/m1/s1. The molecule has 1 N–H and O–H groups in total. The molecular formula is C35H37F2N5O4Si. The molecule has 6 rings (SSSR count). The Hall–Kier alpha value is -4.63. The highest BCUT2D eigenvalue weighted by Gasteiger charge is 2.51. The summed E-state index contributed by atoms with van der Waals surface area (Å²) < 4.78 is 32.3. The molecule has 2 atom stereocenters. The fourth-order valence-corrected chi connectivity index (χ4v) is 13.3. The monoisotopic (exact) mass is 657 g/mol. The number of rotatable bonds is 6. The minimum atomic E-state index is -2.24. The number of benzene rings is 2. The van der Waals surface area contributed by atoms with Crippen LogP contribution in [0.1, 0.15) is 53.5 Å². The second kappa shape index (κ2) is 11.9. The third kappa shape index (κ3) is 4.99. The average molecular weight is 658 g/mol. The summed E-state index contributed by atoms with van der Waals surface area (Å²) in [6.45, 7) is 13.6. The Bertz CT molecular complexity index is 1990. The molecule has 2 fully saturated rings. The molecule has 2 aromatic carbocycles. The zero-order valence-electron chi connectivity index (χ0n) is 27.2. The normalized spacial score (nSPS) is 17.8. The predicted molar refractivity (Wildman–Crippen MR) is 181 cm³/mol. The number of pyridine rings is 2. The van der Waals surface area contributed by atoms with Crippen molar-refractivity contribution >= 4 is 47.2 Å². The van der Waals surface area contributed by atoms with Crippen LogP contribution in [0, 0.1) is 33.2 Å². The lowest BCUT2D eigenvalue weighted by molar-refractivity contribution is -0.384. The first kappa shape index (κ1) is 32.3. The highest BCUT2D eigenvalue weighted by molar-refractivity contribution is 6.90. The molecule has 2 aliphatic rings. The van der Waals surface area contributed by atoms with Crippen molar-refractivity contribution in [2.75, 3.05) is 18.0 Å². The van der Waals surface area contributed by atoms with Crippen LogP contribution in [0.5, 0.6) is 0 Å². The second-order valence-corrected chi connectivity index (χ2v) is 19.0. The number of amides is 1. The number of carbonyl (C=O) groups is 1. The van der Waals surface area contributed by atoms with Crippen LogP contribution in [0.4, 0.5) is 25.0 Å². The number of hydrogen-bond acceptors (Lipinski definition) is 6.